The van der Waals surface area contributed by atoms with Crippen LogP contribution in [0.1, 0.15) is 51.9 Å². The molecule has 1 aliphatic carbocycles. The second-order valence-corrected chi connectivity index (χ2v) is 5.13. The number of carbonyl (C=O) groups is 1. The zero-order valence-corrected chi connectivity index (χ0v) is 11.7. The third kappa shape index (κ3) is 6.89. The summed E-state index contributed by atoms with van der Waals surface area (Å²) in [6.07, 6.45) is 8.51. The van der Waals surface area contributed by atoms with Crippen LogP contribution in [0.25, 0.3) is 0 Å². The first-order valence-electron chi connectivity index (χ1n) is 6.71. The molecule has 0 radical (unpaired) electrons. The molecule has 3 nitrogen and oxygen atoms in total. The van der Waals surface area contributed by atoms with E-state index in [4.69, 9.17) is 5.73 Å². The molecule has 0 bridgehead atoms. The van der Waals surface area contributed by atoms with Gasteiger partial charge in [-0.15, -0.1) is 12.4 Å². The van der Waals surface area contributed by atoms with Crippen LogP contribution in [-0.4, -0.2) is 19.0 Å². The van der Waals surface area contributed by atoms with E-state index in [2.05, 4.69) is 12.2 Å². The third-order valence-electron chi connectivity index (χ3n) is 3.50. The summed E-state index contributed by atoms with van der Waals surface area (Å²) >= 11 is 0. The Morgan fingerprint density at radius 1 is 1.24 bits per heavy atom. The minimum absolute atomic E-state index is 0. The lowest BCUT2D eigenvalue weighted by Gasteiger charge is -2.20. The van der Waals surface area contributed by atoms with Crippen LogP contribution in [0.4, 0.5) is 0 Å². The van der Waals surface area contributed by atoms with Crippen molar-refractivity contribution in [3.8, 4) is 0 Å². The highest BCUT2D eigenvalue weighted by Crippen LogP contribution is 2.22. The largest absolute Gasteiger partial charge is 0.356 e. The van der Waals surface area contributed by atoms with Crippen LogP contribution in [0.3, 0.4) is 0 Å². The van der Waals surface area contributed by atoms with Crippen molar-refractivity contribution in [3.63, 3.8) is 0 Å². The first-order chi connectivity index (χ1) is 7.74. The molecule has 0 aliphatic heterocycles. The Kier molecular flexibility index (Phi) is 9.56. The lowest BCUT2D eigenvalue weighted by molar-refractivity contribution is -0.125. The number of nitrogens with one attached hydrogen (secondary N) is 1. The van der Waals surface area contributed by atoms with Gasteiger partial charge in [-0.1, -0.05) is 39.0 Å². The summed E-state index contributed by atoms with van der Waals surface area (Å²) in [5.41, 5.74) is 5.53. The Bertz CT molecular complexity index is 204. The highest BCUT2D eigenvalue weighted by molar-refractivity contribution is 5.85. The molecule has 1 saturated carbocycles. The molecule has 4 heteroatoms. The third-order valence-corrected chi connectivity index (χ3v) is 3.50. The van der Waals surface area contributed by atoms with Crippen LogP contribution < -0.4 is 11.1 Å². The van der Waals surface area contributed by atoms with Gasteiger partial charge in [-0.3, -0.25) is 4.79 Å². The van der Waals surface area contributed by atoms with Crippen molar-refractivity contribution >= 4 is 18.3 Å². The van der Waals surface area contributed by atoms with Crippen LogP contribution in [0.5, 0.6) is 0 Å². The van der Waals surface area contributed by atoms with Crippen molar-refractivity contribution in [2.45, 2.75) is 51.9 Å². The van der Waals surface area contributed by atoms with Crippen molar-refractivity contribution in [3.05, 3.63) is 0 Å². The molecule has 0 heterocycles. The maximum atomic E-state index is 11.9. The predicted molar refractivity (Wildman–Crippen MR) is 74.3 cm³/mol. The minimum atomic E-state index is 0. The van der Waals surface area contributed by atoms with E-state index in [-0.39, 0.29) is 24.2 Å². The summed E-state index contributed by atoms with van der Waals surface area (Å²) in [5.74, 6) is 0.894. The van der Waals surface area contributed by atoms with Gasteiger partial charge >= 0.3 is 0 Å². The number of carbonyl (C=O) groups excluding carboxylic acids is 1. The maximum Gasteiger partial charge on any atom is 0.223 e. The number of amides is 1. The summed E-state index contributed by atoms with van der Waals surface area (Å²) in [5, 5.41) is 3.03. The summed E-state index contributed by atoms with van der Waals surface area (Å²) < 4.78 is 0. The quantitative estimate of drug-likeness (QED) is 0.818. The number of nitrogens with two attached hydrogens (primary N) is 1. The van der Waals surface area contributed by atoms with E-state index >= 15 is 0 Å². The molecule has 0 aromatic rings. The standard InChI is InChI=1S/C13H26N2O.ClH/c1-11(9-14)10-15-13(16)12-7-5-3-2-4-6-8-12;/h11-12H,2-10,14H2,1H3,(H,15,16);1H. The van der Waals surface area contributed by atoms with Crippen molar-refractivity contribution in [1.29, 1.82) is 0 Å². The molecular formula is C13H27ClN2O. The minimum Gasteiger partial charge on any atom is -0.356 e. The SMILES string of the molecule is CC(CN)CNC(=O)C1CCCCCCC1.Cl. The smallest absolute Gasteiger partial charge is 0.223 e. The Balaban J connectivity index is 0.00000256. The van der Waals surface area contributed by atoms with Gasteiger partial charge in [0.15, 0.2) is 0 Å². The molecule has 1 aliphatic rings. The summed E-state index contributed by atoms with van der Waals surface area (Å²) in [4.78, 5) is 11.9. The van der Waals surface area contributed by atoms with E-state index in [1.165, 1.54) is 32.1 Å². The number of halogens is 1. The van der Waals surface area contributed by atoms with E-state index in [0.717, 1.165) is 19.4 Å². The average molecular weight is 263 g/mol. The molecule has 17 heavy (non-hydrogen) atoms. The van der Waals surface area contributed by atoms with E-state index < -0.39 is 0 Å². The fourth-order valence-electron chi connectivity index (χ4n) is 2.22. The van der Waals surface area contributed by atoms with Gasteiger partial charge < -0.3 is 11.1 Å². The molecular weight excluding hydrogens is 236 g/mol. The summed E-state index contributed by atoms with van der Waals surface area (Å²) in [6, 6.07) is 0. The Hall–Kier alpha value is -0.280. The molecule has 0 aromatic carbocycles. The molecule has 0 spiro atoms. The molecule has 1 rings (SSSR count). The van der Waals surface area contributed by atoms with Crippen molar-refractivity contribution < 1.29 is 4.79 Å². The van der Waals surface area contributed by atoms with Gasteiger partial charge in [0.2, 0.25) is 5.91 Å². The molecule has 1 amide bonds. The van der Waals surface area contributed by atoms with Crippen molar-refractivity contribution in [1.82, 2.24) is 5.32 Å². The Morgan fingerprint density at radius 2 is 1.76 bits per heavy atom. The number of hydrogen-bond donors (Lipinski definition) is 2. The lowest BCUT2D eigenvalue weighted by Crippen LogP contribution is -2.35. The van der Waals surface area contributed by atoms with Gasteiger partial charge in [-0.25, -0.2) is 0 Å². The van der Waals surface area contributed by atoms with Crippen LogP contribution in [0, 0.1) is 11.8 Å². The molecule has 0 saturated heterocycles. The molecule has 0 aromatic heterocycles. The summed E-state index contributed by atoms with van der Waals surface area (Å²) in [6.45, 7) is 3.44. The first kappa shape index (κ1) is 16.7. The van der Waals surface area contributed by atoms with Gasteiger partial charge in [-0.05, 0) is 25.3 Å². The van der Waals surface area contributed by atoms with Crippen molar-refractivity contribution in [2.24, 2.45) is 17.6 Å². The zero-order chi connectivity index (χ0) is 11.8. The second kappa shape index (κ2) is 9.72. The fraction of sp³-hybridized carbons (Fsp3) is 0.923. The molecule has 1 fully saturated rings. The van der Waals surface area contributed by atoms with Gasteiger partial charge in [0.1, 0.15) is 0 Å². The van der Waals surface area contributed by atoms with Crippen molar-refractivity contribution in [2.75, 3.05) is 13.1 Å². The summed E-state index contributed by atoms with van der Waals surface area (Å²) in [7, 11) is 0. The van der Waals surface area contributed by atoms with E-state index in [0.29, 0.717) is 12.5 Å². The van der Waals surface area contributed by atoms with E-state index in [9.17, 15) is 4.79 Å². The molecule has 1 atom stereocenters. The van der Waals surface area contributed by atoms with Crippen LogP contribution in [0.2, 0.25) is 0 Å². The zero-order valence-electron chi connectivity index (χ0n) is 10.9. The van der Waals surface area contributed by atoms with Crippen LogP contribution in [-0.2, 0) is 4.79 Å². The highest BCUT2D eigenvalue weighted by atomic mass is 35.5. The number of hydrogen-bond acceptors (Lipinski definition) is 2. The van der Waals surface area contributed by atoms with Gasteiger partial charge in [-0.2, -0.15) is 0 Å². The second-order valence-electron chi connectivity index (χ2n) is 5.13. The Morgan fingerprint density at radius 3 is 2.29 bits per heavy atom. The van der Waals surface area contributed by atoms with E-state index in [1.54, 1.807) is 0 Å². The van der Waals surface area contributed by atoms with Gasteiger partial charge in [0.25, 0.3) is 0 Å². The normalized spacial score (nSPS) is 19.6. The maximum absolute atomic E-state index is 11.9. The highest BCUT2D eigenvalue weighted by Gasteiger charge is 2.19. The molecule has 102 valence electrons. The topological polar surface area (TPSA) is 55.1 Å². The van der Waals surface area contributed by atoms with Crippen LogP contribution in [0.15, 0.2) is 0 Å². The van der Waals surface area contributed by atoms with Crippen LogP contribution >= 0.6 is 12.4 Å². The lowest BCUT2D eigenvalue weighted by atomic mass is 9.90. The van der Waals surface area contributed by atoms with Gasteiger partial charge in [0, 0.05) is 12.5 Å². The Labute approximate surface area is 111 Å². The molecule has 1 unspecified atom stereocenters. The molecule has 3 N–H and O–H groups in total. The van der Waals surface area contributed by atoms with E-state index in [1.807, 2.05) is 0 Å². The van der Waals surface area contributed by atoms with Gasteiger partial charge in [0.05, 0.1) is 0 Å². The number of rotatable bonds is 4. The monoisotopic (exact) mass is 262 g/mol. The first-order valence-corrected chi connectivity index (χ1v) is 6.71. The predicted octanol–water partition coefficient (Wildman–Crippen LogP) is 2.48. The fourth-order valence-corrected chi connectivity index (χ4v) is 2.22. The average Bonchev–Trinajstić information content (AvgIpc) is 2.25.